The predicted molar refractivity (Wildman–Crippen MR) is 61.8 cm³/mol. The van der Waals surface area contributed by atoms with Crippen molar-refractivity contribution in [1.29, 1.82) is 0 Å². The van der Waals surface area contributed by atoms with Crippen LogP contribution < -0.4 is 4.72 Å². The van der Waals surface area contributed by atoms with E-state index in [1.165, 1.54) is 6.20 Å². The number of hydrogen-bond donors (Lipinski definition) is 1. The van der Waals surface area contributed by atoms with Crippen molar-refractivity contribution in [2.24, 2.45) is 5.41 Å². The quantitative estimate of drug-likeness (QED) is 0.914. The number of aromatic nitrogens is 1. The van der Waals surface area contributed by atoms with Crippen molar-refractivity contribution < 1.29 is 8.42 Å². The summed E-state index contributed by atoms with van der Waals surface area (Å²) in [5.74, 6) is 0. The first-order chi connectivity index (χ1) is 6.71. The lowest BCUT2D eigenvalue weighted by molar-refractivity contribution is 0.408. The van der Waals surface area contributed by atoms with E-state index < -0.39 is 10.0 Å². The van der Waals surface area contributed by atoms with Crippen LogP contribution in [0.4, 0.5) is 0 Å². The summed E-state index contributed by atoms with van der Waals surface area (Å²) in [4.78, 5) is 3.69. The Morgan fingerprint density at radius 3 is 2.53 bits per heavy atom. The van der Waals surface area contributed by atoms with Crippen LogP contribution in [-0.2, 0) is 10.0 Å². The Morgan fingerprint density at radius 2 is 2.13 bits per heavy atom. The van der Waals surface area contributed by atoms with Crippen molar-refractivity contribution >= 4 is 33.0 Å². The Kier molecular flexibility index (Phi) is 3.76. The van der Waals surface area contributed by atoms with E-state index in [-0.39, 0.29) is 14.1 Å². The van der Waals surface area contributed by atoms with E-state index >= 15 is 0 Å². The molecule has 0 aliphatic carbocycles. The van der Waals surface area contributed by atoms with Gasteiger partial charge >= 0.3 is 0 Å². The van der Waals surface area contributed by atoms with Crippen molar-refractivity contribution in [2.75, 3.05) is 6.54 Å². The molecule has 0 aromatic carbocycles. The van der Waals surface area contributed by atoms with Crippen molar-refractivity contribution in [3.63, 3.8) is 0 Å². The largest absolute Gasteiger partial charge is 0.251 e. The van der Waals surface area contributed by atoms with Gasteiger partial charge < -0.3 is 0 Å². The van der Waals surface area contributed by atoms with Gasteiger partial charge in [-0.2, -0.15) is 0 Å². The van der Waals surface area contributed by atoms with Crippen molar-refractivity contribution in [3.05, 3.63) is 10.7 Å². The maximum atomic E-state index is 11.7. The van der Waals surface area contributed by atoms with Crippen LogP contribution in [-0.4, -0.2) is 19.9 Å². The molecule has 0 bridgehead atoms. The fourth-order valence-corrected chi connectivity index (χ4v) is 3.37. The van der Waals surface area contributed by atoms with Crippen LogP contribution in [0.1, 0.15) is 20.8 Å². The van der Waals surface area contributed by atoms with Gasteiger partial charge in [0, 0.05) is 6.54 Å². The molecule has 0 fully saturated rings. The number of thiazole rings is 1. The Balaban J connectivity index is 2.77. The lowest BCUT2D eigenvalue weighted by Gasteiger charge is -2.18. The van der Waals surface area contributed by atoms with E-state index in [4.69, 9.17) is 11.6 Å². The van der Waals surface area contributed by atoms with Crippen LogP contribution in [0.2, 0.25) is 4.47 Å². The zero-order valence-electron chi connectivity index (χ0n) is 8.74. The van der Waals surface area contributed by atoms with Gasteiger partial charge in [0.05, 0.1) is 6.20 Å². The van der Waals surface area contributed by atoms with Crippen LogP contribution in [0, 0.1) is 5.41 Å². The molecule has 1 heterocycles. The maximum Gasteiger partial charge on any atom is 0.251 e. The third-order valence-corrected chi connectivity index (χ3v) is 4.49. The smallest absolute Gasteiger partial charge is 0.232 e. The summed E-state index contributed by atoms with van der Waals surface area (Å²) < 4.78 is 26.3. The van der Waals surface area contributed by atoms with Gasteiger partial charge in [-0.25, -0.2) is 18.1 Å². The first kappa shape index (κ1) is 12.9. The van der Waals surface area contributed by atoms with Crippen LogP contribution >= 0.6 is 22.9 Å². The maximum absolute atomic E-state index is 11.7. The summed E-state index contributed by atoms with van der Waals surface area (Å²) in [7, 11) is -3.45. The van der Waals surface area contributed by atoms with Crippen molar-refractivity contribution in [1.82, 2.24) is 9.71 Å². The average molecular weight is 269 g/mol. The number of rotatable bonds is 3. The zero-order valence-corrected chi connectivity index (χ0v) is 11.1. The second-order valence-corrected chi connectivity index (χ2v) is 7.92. The minimum atomic E-state index is -3.45. The topological polar surface area (TPSA) is 59.1 Å². The van der Waals surface area contributed by atoms with Gasteiger partial charge in [-0.3, -0.25) is 0 Å². The van der Waals surface area contributed by atoms with Crippen molar-refractivity contribution in [2.45, 2.75) is 25.0 Å². The van der Waals surface area contributed by atoms with Gasteiger partial charge in [-0.15, -0.1) is 0 Å². The number of halogens is 1. The standard InChI is InChI=1S/C8H13ClN2O2S2/c1-8(2,3)5-11-15(12,13)6-4-10-7(9)14-6/h4,11H,5H2,1-3H3. The van der Waals surface area contributed by atoms with Crippen LogP contribution in [0.3, 0.4) is 0 Å². The molecule has 15 heavy (non-hydrogen) atoms. The van der Waals surface area contributed by atoms with E-state index in [0.717, 1.165) is 11.3 Å². The highest BCUT2D eigenvalue weighted by molar-refractivity contribution is 7.91. The summed E-state index contributed by atoms with van der Waals surface area (Å²) in [5.41, 5.74) is -0.0957. The average Bonchev–Trinajstić information content (AvgIpc) is 2.48. The van der Waals surface area contributed by atoms with Gasteiger partial charge in [-0.1, -0.05) is 43.7 Å². The van der Waals surface area contributed by atoms with Gasteiger partial charge in [-0.05, 0) is 5.41 Å². The molecule has 0 aliphatic heterocycles. The second-order valence-electron chi connectivity index (χ2n) is 4.32. The molecule has 0 spiro atoms. The first-order valence-electron chi connectivity index (χ1n) is 4.32. The molecule has 4 nitrogen and oxygen atoms in total. The van der Waals surface area contributed by atoms with E-state index in [1.54, 1.807) is 0 Å². The van der Waals surface area contributed by atoms with E-state index in [9.17, 15) is 8.42 Å². The Labute approximate surface area is 98.7 Å². The molecule has 1 rings (SSSR count). The third kappa shape index (κ3) is 4.06. The zero-order chi connectivity index (χ0) is 11.7. The molecular weight excluding hydrogens is 256 g/mol. The van der Waals surface area contributed by atoms with Gasteiger partial charge in [0.25, 0.3) is 10.0 Å². The number of sulfonamides is 1. The summed E-state index contributed by atoms with van der Waals surface area (Å²) in [6.07, 6.45) is 1.26. The minimum Gasteiger partial charge on any atom is -0.232 e. The van der Waals surface area contributed by atoms with Crippen LogP contribution in [0.15, 0.2) is 10.4 Å². The van der Waals surface area contributed by atoms with E-state index in [1.807, 2.05) is 20.8 Å². The lowest BCUT2D eigenvalue weighted by atomic mass is 9.98. The van der Waals surface area contributed by atoms with Crippen LogP contribution in [0.25, 0.3) is 0 Å². The summed E-state index contributed by atoms with van der Waals surface area (Å²) in [6, 6.07) is 0. The monoisotopic (exact) mass is 268 g/mol. The molecule has 0 aliphatic rings. The Bertz CT molecular complexity index is 434. The Hall–Kier alpha value is -0.170. The van der Waals surface area contributed by atoms with Crippen LogP contribution in [0.5, 0.6) is 0 Å². The highest BCUT2D eigenvalue weighted by atomic mass is 35.5. The van der Waals surface area contributed by atoms with Gasteiger partial charge in [0.15, 0.2) is 8.68 Å². The number of nitrogens with zero attached hydrogens (tertiary/aromatic N) is 1. The summed E-state index contributed by atoms with van der Waals surface area (Å²) >= 11 is 6.52. The molecule has 7 heteroatoms. The molecule has 0 amide bonds. The lowest BCUT2D eigenvalue weighted by Crippen LogP contribution is -2.31. The SMILES string of the molecule is CC(C)(C)CNS(=O)(=O)c1cnc(Cl)s1. The molecular formula is C8H13ClN2O2S2. The first-order valence-corrected chi connectivity index (χ1v) is 6.99. The molecule has 86 valence electrons. The molecule has 0 atom stereocenters. The van der Waals surface area contributed by atoms with Crippen molar-refractivity contribution in [3.8, 4) is 0 Å². The fraction of sp³-hybridized carbons (Fsp3) is 0.625. The summed E-state index contributed by atoms with van der Waals surface area (Å²) in [6.45, 7) is 6.24. The molecule has 0 radical (unpaired) electrons. The minimum absolute atomic E-state index is 0.0957. The summed E-state index contributed by atoms with van der Waals surface area (Å²) in [5, 5.41) is 0. The number of nitrogens with one attached hydrogen (secondary N) is 1. The predicted octanol–water partition coefficient (Wildman–Crippen LogP) is 2.12. The number of hydrogen-bond acceptors (Lipinski definition) is 4. The normalized spacial score (nSPS) is 13.1. The van der Waals surface area contributed by atoms with E-state index in [2.05, 4.69) is 9.71 Å². The highest BCUT2D eigenvalue weighted by Crippen LogP contribution is 2.22. The molecule has 0 unspecified atom stereocenters. The van der Waals surface area contributed by atoms with E-state index in [0.29, 0.717) is 6.54 Å². The molecule has 1 N–H and O–H groups in total. The van der Waals surface area contributed by atoms with Gasteiger partial charge in [0.2, 0.25) is 0 Å². The molecule has 1 aromatic heterocycles. The van der Waals surface area contributed by atoms with Gasteiger partial charge in [0.1, 0.15) is 0 Å². The third-order valence-electron chi connectivity index (χ3n) is 1.51. The second kappa shape index (κ2) is 4.37. The molecule has 0 saturated carbocycles. The fourth-order valence-electron chi connectivity index (χ4n) is 0.746. The molecule has 0 saturated heterocycles. The Morgan fingerprint density at radius 1 is 1.53 bits per heavy atom. The highest BCUT2D eigenvalue weighted by Gasteiger charge is 2.20. The molecule has 1 aromatic rings.